The molecule has 2 aliphatic rings. The molecular weight excluding hydrogens is 196 g/mol. The molecule has 1 unspecified atom stereocenters. The van der Waals surface area contributed by atoms with Crippen molar-refractivity contribution in [1.29, 1.82) is 0 Å². The Labute approximate surface area is 101 Å². The molecule has 1 spiro atoms. The first-order chi connectivity index (χ1) is 7.68. The first-order valence-electron chi connectivity index (χ1n) is 7.16. The summed E-state index contributed by atoms with van der Waals surface area (Å²) < 4.78 is 0. The van der Waals surface area contributed by atoms with Crippen molar-refractivity contribution in [1.82, 2.24) is 10.2 Å². The average molecular weight is 224 g/mol. The molecule has 1 saturated carbocycles. The van der Waals surface area contributed by atoms with Gasteiger partial charge in [0.15, 0.2) is 0 Å². The normalized spacial score (nSPS) is 31.1. The van der Waals surface area contributed by atoms with E-state index in [2.05, 4.69) is 31.0 Å². The molecule has 1 N–H and O–H groups in total. The van der Waals surface area contributed by atoms with E-state index >= 15 is 0 Å². The molecule has 94 valence electrons. The highest BCUT2D eigenvalue weighted by molar-refractivity contribution is 5.00. The Morgan fingerprint density at radius 2 is 1.94 bits per heavy atom. The molecular formula is C14H28N2. The second-order valence-electron chi connectivity index (χ2n) is 6.06. The smallest absolute Gasteiger partial charge is 0.0334 e. The molecule has 0 bridgehead atoms. The second-order valence-corrected chi connectivity index (χ2v) is 6.06. The standard InChI is InChI=1S/C14H28N2/c1-4-16-10-13(12(2)3)15-11-14(16)8-6-5-7-9-14/h12-13,15H,4-11H2,1-3H3. The van der Waals surface area contributed by atoms with Gasteiger partial charge in [-0.15, -0.1) is 0 Å². The third-order valence-corrected chi connectivity index (χ3v) is 4.75. The Hall–Kier alpha value is -0.0800. The minimum atomic E-state index is 0.512. The van der Waals surface area contributed by atoms with Gasteiger partial charge in [-0.1, -0.05) is 40.0 Å². The number of rotatable bonds is 2. The molecule has 2 rings (SSSR count). The first-order valence-corrected chi connectivity index (χ1v) is 7.16. The highest BCUT2D eigenvalue weighted by Crippen LogP contribution is 2.35. The van der Waals surface area contributed by atoms with Crippen LogP contribution in [0, 0.1) is 5.92 Å². The van der Waals surface area contributed by atoms with E-state index in [0.29, 0.717) is 11.6 Å². The van der Waals surface area contributed by atoms with E-state index in [4.69, 9.17) is 0 Å². The van der Waals surface area contributed by atoms with Gasteiger partial charge >= 0.3 is 0 Å². The summed E-state index contributed by atoms with van der Waals surface area (Å²) in [6.45, 7) is 10.7. The van der Waals surface area contributed by atoms with Gasteiger partial charge in [0.1, 0.15) is 0 Å². The summed E-state index contributed by atoms with van der Waals surface area (Å²) in [6.07, 6.45) is 7.15. The summed E-state index contributed by atoms with van der Waals surface area (Å²) in [5.74, 6) is 0.759. The SMILES string of the molecule is CCN1CC(C(C)C)NCC12CCCCC2. The van der Waals surface area contributed by atoms with Crippen molar-refractivity contribution in [2.24, 2.45) is 5.92 Å². The van der Waals surface area contributed by atoms with Crippen LogP contribution in [0.5, 0.6) is 0 Å². The minimum Gasteiger partial charge on any atom is -0.311 e. The van der Waals surface area contributed by atoms with Crippen molar-refractivity contribution < 1.29 is 0 Å². The van der Waals surface area contributed by atoms with E-state index in [1.54, 1.807) is 0 Å². The zero-order chi connectivity index (χ0) is 11.6. The number of hydrogen-bond acceptors (Lipinski definition) is 2. The Bertz CT molecular complexity index is 219. The maximum atomic E-state index is 3.80. The Kier molecular flexibility index (Phi) is 3.91. The van der Waals surface area contributed by atoms with E-state index in [-0.39, 0.29) is 0 Å². The summed E-state index contributed by atoms with van der Waals surface area (Å²) in [5, 5.41) is 3.80. The van der Waals surface area contributed by atoms with Crippen molar-refractivity contribution in [2.45, 2.75) is 64.5 Å². The van der Waals surface area contributed by atoms with Gasteiger partial charge in [0.2, 0.25) is 0 Å². The van der Waals surface area contributed by atoms with Gasteiger partial charge < -0.3 is 5.32 Å². The van der Waals surface area contributed by atoms with E-state index < -0.39 is 0 Å². The summed E-state index contributed by atoms with van der Waals surface area (Å²) in [4.78, 5) is 2.77. The molecule has 2 heteroatoms. The third-order valence-electron chi connectivity index (χ3n) is 4.75. The molecule has 0 aromatic heterocycles. The fraction of sp³-hybridized carbons (Fsp3) is 1.00. The van der Waals surface area contributed by atoms with E-state index in [1.807, 2.05) is 0 Å². The van der Waals surface area contributed by atoms with Gasteiger partial charge in [-0.3, -0.25) is 4.90 Å². The van der Waals surface area contributed by atoms with Crippen LogP contribution >= 0.6 is 0 Å². The zero-order valence-electron chi connectivity index (χ0n) is 11.3. The van der Waals surface area contributed by atoms with Crippen molar-refractivity contribution in [2.75, 3.05) is 19.6 Å². The average Bonchev–Trinajstić information content (AvgIpc) is 2.30. The van der Waals surface area contributed by atoms with Gasteiger partial charge in [0.25, 0.3) is 0 Å². The number of piperazine rings is 1. The molecule has 0 amide bonds. The van der Waals surface area contributed by atoms with Gasteiger partial charge in [-0.05, 0) is 25.3 Å². The number of hydrogen-bond donors (Lipinski definition) is 1. The molecule has 0 aromatic rings. The maximum absolute atomic E-state index is 3.80. The van der Waals surface area contributed by atoms with Crippen LogP contribution < -0.4 is 5.32 Å². The largest absolute Gasteiger partial charge is 0.311 e. The van der Waals surface area contributed by atoms with E-state index in [9.17, 15) is 0 Å². The topological polar surface area (TPSA) is 15.3 Å². The molecule has 1 saturated heterocycles. The predicted octanol–water partition coefficient (Wildman–Crippen LogP) is 2.64. The van der Waals surface area contributed by atoms with E-state index in [0.717, 1.165) is 5.92 Å². The fourth-order valence-corrected chi connectivity index (χ4v) is 3.54. The van der Waals surface area contributed by atoms with Gasteiger partial charge in [0, 0.05) is 24.7 Å². The number of nitrogens with one attached hydrogen (secondary N) is 1. The molecule has 1 aliphatic heterocycles. The lowest BCUT2D eigenvalue weighted by molar-refractivity contribution is 0.00631. The molecule has 0 radical (unpaired) electrons. The van der Waals surface area contributed by atoms with Crippen molar-refractivity contribution in [3.05, 3.63) is 0 Å². The zero-order valence-corrected chi connectivity index (χ0v) is 11.3. The van der Waals surface area contributed by atoms with Gasteiger partial charge in [-0.2, -0.15) is 0 Å². The lowest BCUT2D eigenvalue weighted by atomic mass is 9.77. The Morgan fingerprint density at radius 3 is 2.50 bits per heavy atom. The van der Waals surface area contributed by atoms with Crippen molar-refractivity contribution in [3.8, 4) is 0 Å². The van der Waals surface area contributed by atoms with Gasteiger partial charge in [-0.25, -0.2) is 0 Å². The van der Waals surface area contributed by atoms with Crippen molar-refractivity contribution >= 4 is 0 Å². The minimum absolute atomic E-state index is 0.512. The van der Waals surface area contributed by atoms with Crippen molar-refractivity contribution in [3.63, 3.8) is 0 Å². The van der Waals surface area contributed by atoms with Crippen LogP contribution in [0.15, 0.2) is 0 Å². The van der Waals surface area contributed by atoms with Gasteiger partial charge in [0.05, 0.1) is 0 Å². The van der Waals surface area contributed by atoms with E-state index in [1.165, 1.54) is 51.7 Å². The summed E-state index contributed by atoms with van der Waals surface area (Å²) in [7, 11) is 0. The summed E-state index contributed by atoms with van der Waals surface area (Å²) >= 11 is 0. The lowest BCUT2D eigenvalue weighted by Gasteiger charge is -2.52. The summed E-state index contributed by atoms with van der Waals surface area (Å²) in [5.41, 5.74) is 0.512. The molecule has 1 heterocycles. The quantitative estimate of drug-likeness (QED) is 0.776. The monoisotopic (exact) mass is 224 g/mol. The molecule has 1 atom stereocenters. The lowest BCUT2D eigenvalue weighted by Crippen LogP contribution is -2.66. The molecule has 16 heavy (non-hydrogen) atoms. The van der Waals surface area contributed by atoms with Crippen LogP contribution in [0.4, 0.5) is 0 Å². The highest BCUT2D eigenvalue weighted by Gasteiger charge is 2.41. The molecule has 1 aliphatic carbocycles. The van der Waals surface area contributed by atoms with Crippen LogP contribution in [0.3, 0.4) is 0 Å². The van der Waals surface area contributed by atoms with Crippen LogP contribution in [-0.4, -0.2) is 36.1 Å². The Balaban J connectivity index is 2.04. The van der Waals surface area contributed by atoms with Crippen LogP contribution in [0.2, 0.25) is 0 Å². The second kappa shape index (κ2) is 5.05. The van der Waals surface area contributed by atoms with Crippen LogP contribution in [0.1, 0.15) is 52.9 Å². The highest BCUT2D eigenvalue weighted by atomic mass is 15.3. The van der Waals surface area contributed by atoms with Crippen LogP contribution in [0.25, 0.3) is 0 Å². The summed E-state index contributed by atoms with van der Waals surface area (Å²) in [6, 6.07) is 0.701. The third kappa shape index (κ3) is 2.28. The Morgan fingerprint density at radius 1 is 1.25 bits per heavy atom. The molecule has 0 aromatic carbocycles. The van der Waals surface area contributed by atoms with Crippen LogP contribution in [-0.2, 0) is 0 Å². The maximum Gasteiger partial charge on any atom is 0.0334 e. The predicted molar refractivity (Wildman–Crippen MR) is 69.7 cm³/mol. The fourth-order valence-electron chi connectivity index (χ4n) is 3.54. The first kappa shape index (κ1) is 12.4. The molecule has 2 fully saturated rings. The number of nitrogens with zero attached hydrogens (tertiary/aromatic N) is 1. The molecule has 2 nitrogen and oxygen atoms in total. The number of likely N-dealkylation sites (N-methyl/N-ethyl adjacent to an activating group) is 1.